The summed E-state index contributed by atoms with van der Waals surface area (Å²) in [6.45, 7) is 1.74. The number of rotatable bonds is 2. The SMILES string of the molecule is Cc1cc(NN)cc(C(F)F)c1. The lowest BCUT2D eigenvalue weighted by atomic mass is 10.1. The molecule has 0 radical (unpaired) electrons. The van der Waals surface area contributed by atoms with E-state index in [0.29, 0.717) is 5.69 Å². The minimum absolute atomic E-state index is 0.0112. The third-order valence-electron chi connectivity index (χ3n) is 1.52. The maximum atomic E-state index is 12.2. The molecule has 0 spiro atoms. The predicted molar refractivity (Wildman–Crippen MR) is 43.9 cm³/mol. The van der Waals surface area contributed by atoms with E-state index in [-0.39, 0.29) is 5.56 Å². The van der Waals surface area contributed by atoms with E-state index in [9.17, 15) is 8.78 Å². The van der Waals surface area contributed by atoms with Crippen LogP contribution in [0.25, 0.3) is 0 Å². The van der Waals surface area contributed by atoms with Gasteiger partial charge >= 0.3 is 0 Å². The maximum absolute atomic E-state index is 12.2. The molecule has 0 aromatic heterocycles. The van der Waals surface area contributed by atoms with Crippen LogP contribution in [0.4, 0.5) is 14.5 Å². The Balaban J connectivity index is 3.06. The number of hydrogen-bond acceptors (Lipinski definition) is 2. The Bertz CT molecular complexity index is 274. The van der Waals surface area contributed by atoms with Crippen molar-refractivity contribution < 1.29 is 8.78 Å². The van der Waals surface area contributed by atoms with Gasteiger partial charge in [0.05, 0.1) is 0 Å². The zero-order valence-electron chi connectivity index (χ0n) is 6.64. The summed E-state index contributed by atoms with van der Waals surface area (Å²) >= 11 is 0. The summed E-state index contributed by atoms with van der Waals surface area (Å²) in [5.41, 5.74) is 3.59. The lowest BCUT2D eigenvalue weighted by Crippen LogP contribution is -2.07. The molecule has 0 unspecified atom stereocenters. The van der Waals surface area contributed by atoms with E-state index >= 15 is 0 Å². The lowest BCUT2D eigenvalue weighted by Gasteiger charge is -2.05. The van der Waals surface area contributed by atoms with E-state index in [1.54, 1.807) is 13.0 Å². The van der Waals surface area contributed by atoms with E-state index < -0.39 is 6.43 Å². The first-order valence-corrected chi connectivity index (χ1v) is 3.50. The Morgan fingerprint density at radius 2 is 2.00 bits per heavy atom. The quantitative estimate of drug-likeness (QED) is 0.530. The van der Waals surface area contributed by atoms with Crippen LogP contribution in [0.5, 0.6) is 0 Å². The van der Waals surface area contributed by atoms with Crippen molar-refractivity contribution in [3.8, 4) is 0 Å². The van der Waals surface area contributed by atoms with Gasteiger partial charge in [0.15, 0.2) is 0 Å². The summed E-state index contributed by atoms with van der Waals surface area (Å²) in [5.74, 6) is 5.09. The lowest BCUT2D eigenvalue weighted by molar-refractivity contribution is 0.151. The molecule has 0 aliphatic carbocycles. The van der Waals surface area contributed by atoms with Gasteiger partial charge in [0.25, 0.3) is 6.43 Å². The summed E-state index contributed by atoms with van der Waals surface area (Å²) in [6, 6.07) is 4.47. The van der Waals surface area contributed by atoms with Gasteiger partial charge < -0.3 is 5.43 Å². The number of benzene rings is 1. The molecule has 0 aliphatic rings. The fraction of sp³-hybridized carbons (Fsp3) is 0.250. The molecule has 0 amide bonds. The number of alkyl halides is 2. The van der Waals surface area contributed by atoms with Crippen molar-refractivity contribution >= 4 is 5.69 Å². The van der Waals surface area contributed by atoms with Crippen LogP contribution in [0.1, 0.15) is 17.6 Å². The van der Waals surface area contributed by atoms with Crippen molar-refractivity contribution in [1.29, 1.82) is 0 Å². The van der Waals surface area contributed by atoms with Crippen molar-refractivity contribution in [3.63, 3.8) is 0 Å². The number of nitrogen functional groups attached to an aromatic ring is 1. The number of hydrazine groups is 1. The Morgan fingerprint density at radius 1 is 1.33 bits per heavy atom. The first kappa shape index (κ1) is 8.93. The monoisotopic (exact) mass is 172 g/mol. The van der Waals surface area contributed by atoms with Crippen molar-refractivity contribution in [3.05, 3.63) is 29.3 Å². The van der Waals surface area contributed by atoms with Gasteiger partial charge in [-0.25, -0.2) is 8.78 Å². The summed E-state index contributed by atoms with van der Waals surface area (Å²) in [7, 11) is 0. The Morgan fingerprint density at radius 3 is 2.50 bits per heavy atom. The van der Waals surface area contributed by atoms with Crippen LogP contribution in [0.3, 0.4) is 0 Å². The van der Waals surface area contributed by atoms with E-state index in [1.807, 2.05) is 0 Å². The normalized spacial score (nSPS) is 10.4. The summed E-state index contributed by atoms with van der Waals surface area (Å²) < 4.78 is 24.4. The minimum Gasteiger partial charge on any atom is -0.324 e. The van der Waals surface area contributed by atoms with Gasteiger partial charge in [-0.3, -0.25) is 5.84 Å². The number of hydrogen-bond donors (Lipinski definition) is 2. The zero-order chi connectivity index (χ0) is 9.14. The van der Waals surface area contributed by atoms with E-state index in [1.165, 1.54) is 12.1 Å². The standard InChI is InChI=1S/C8H10F2N2/c1-5-2-6(8(9)10)4-7(3-5)12-11/h2-4,8,12H,11H2,1H3. The molecule has 0 atom stereocenters. The molecule has 2 nitrogen and oxygen atoms in total. The molecule has 1 aromatic carbocycles. The van der Waals surface area contributed by atoms with Gasteiger partial charge in [-0.15, -0.1) is 0 Å². The van der Waals surface area contributed by atoms with Crippen LogP contribution in [0.15, 0.2) is 18.2 Å². The molecular formula is C8H10F2N2. The molecule has 1 rings (SSSR count). The van der Waals surface area contributed by atoms with Gasteiger partial charge in [-0.1, -0.05) is 6.07 Å². The first-order chi connectivity index (χ1) is 5.63. The summed E-state index contributed by atoms with van der Waals surface area (Å²) in [5, 5.41) is 0. The highest BCUT2D eigenvalue weighted by Gasteiger charge is 2.07. The highest BCUT2D eigenvalue weighted by Crippen LogP contribution is 2.23. The molecule has 1 aromatic rings. The predicted octanol–water partition coefficient (Wildman–Crippen LogP) is 2.22. The zero-order valence-corrected chi connectivity index (χ0v) is 6.64. The molecule has 0 fully saturated rings. The van der Waals surface area contributed by atoms with Crippen molar-refractivity contribution in [2.24, 2.45) is 5.84 Å². The van der Waals surface area contributed by atoms with Gasteiger partial charge in [0.2, 0.25) is 0 Å². The van der Waals surface area contributed by atoms with E-state index in [2.05, 4.69) is 5.43 Å². The van der Waals surface area contributed by atoms with Gasteiger partial charge in [0, 0.05) is 11.3 Å². The largest absolute Gasteiger partial charge is 0.324 e. The third-order valence-corrected chi connectivity index (χ3v) is 1.52. The molecular weight excluding hydrogens is 162 g/mol. The van der Waals surface area contributed by atoms with Crippen LogP contribution in [0, 0.1) is 6.92 Å². The Labute approximate surface area is 69.4 Å². The van der Waals surface area contributed by atoms with Gasteiger partial charge in [0.1, 0.15) is 0 Å². The smallest absolute Gasteiger partial charge is 0.263 e. The molecule has 0 saturated heterocycles. The number of nitrogens with one attached hydrogen (secondary N) is 1. The number of nitrogens with two attached hydrogens (primary N) is 1. The molecule has 0 bridgehead atoms. The Kier molecular flexibility index (Phi) is 2.60. The average molecular weight is 172 g/mol. The Hall–Kier alpha value is -1.16. The molecule has 4 heteroatoms. The second-order valence-corrected chi connectivity index (χ2v) is 2.58. The number of aryl methyl sites for hydroxylation is 1. The molecule has 0 heterocycles. The first-order valence-electron chi connectivity index (χ1n) is 3.50. The second kappa shape index (κ2) is 3.49. The highest BCUT2D eigenvalue weighted by molar-refractivity contribution is 5.47. The molecule has 3 N–H and O–H groups in total. The average Bonchev–Trinajstić information content (AvgIpc) is 2.03. The van der Waals surface area contributed by atoms with Crippen molar-refractivity contribution in [2.45, 2.75) is 13.3 Å². The van der Waals surface area contributed by atoms with Gasteiger partial charge in [-0.2, -0.15) is 0 Å². The number of anilines is 1. The van der Waals surface area contributed by atoms with Crippen LogP contribution in [0.2, 0.25) is 0 Å². The van der Waals surface area contributed by atoms with Crippen molar-refractivity contribution in [2.75, 3.05) is 5.43 Å². The van der Waals surface area contributed by atoms with Crippen LogP contribution in [-0.2, 0) is 0 Å². The third kappa shape index (κ3) is 1.92. The molecule has 0 aliphatic heterocycles. The van der Waals surface area contributed by atoms with E-state index in [4.69, 9.17) is 5.84 Å². The highest BCUT2D eigenvalue weighted by atomic mass is 19.3. The molecule has 66 valence electrons. The fourth-order valence-corrected chi connectivity index (χ4v) is 1.02. The van der Waals surface area contributed by atoms with Crippen LogP contribution in [-0.4, -0.2) is 0 Å². The van der Waals surface area contributed by atoms with Crippen molar-refractivity contribution in [1.82, 2.24) is 0 Å². The second-order valence-electron chi connectivity index (χ2n) is 2.58. The minimum atomic E-state index is -2.45. The molecule has 12 heavy (non-hydrogen) atoms. The van der Waals surface area contributed by atoms with Crippen LogP contribution >= 0.6 is 0 Å². The topological polar surface area (TPSA) is 38.0 Å². The van der Waals surface area contributed by atoms with E-state index in [0.717, 1.165) is 5.56 Å². The maximum Gasteiger partial charge on any atom is 0.263 e. The fourth-order valence-electron chi connectivity index (χ4n) is 1.02. The summed E-state index contributed by atoms with van der Waals surface area (Å²) in [6.07, 6.45) is -2.45. The summed E-state index contributed by atoms with van der Waals surface area (Å²) in [4.78, 5) is 0. The molecule has 0 saturated carbocycles. The van der Waals surface area contributed by atoms with Gasteiger partial charge in [-0.05, 0) is 24.6 Å². The number of halogens is 2. The van der Waals surface area contributed by atoms with Crippen LogP contribution < -0.4 is 11.3 Å².